The molecule has 0 heterocycles. The average Bonchev–Trinajstić information content (AvgIpc) is 2.47. The first-order valence-electron chi connectivity index (χ1n) is 7.00. The van der Waals surface area contributed by atoms with Crippen molar-refractivity contribution in [3.63, 3.8) is 0 Å². The van der Waals surface area contributed by atoms with Crippen molar-refractivity contribution in [1.29, 1.82) is 0 Å². The molecule has 0 fully saturated rings. The third-order valence-corrected chi connectivity index (χ3v) is 2.84. The maximum absolute atomic E-state index is 11.6. The van der Waals surface area contributed by atoms with Gasteiger partial charge in [-0.25, -0.2) is 10.3 Å². The van der Waals surface area contributed by atoms with E-state index >= 15 is 0 Å². The molecule has 0 radical (unpaired) electrons. The summed E-state index contributed by atoms with van der Waals surface area (Å²) in [5.74, 6) is -1.53. The summed E-state index contributed by atoms with van der Waals surface area (Å²) in [4.78, 5) is 27.7. The number of carboxylic acids is 1. The summed E-state index contributed by atoms with van der Waals surface area (Å²) in [6.45, 7) is 2.27. The Morgan fingerprint density at radius 2 is 2.00 bits per heavy atom. The van der Waals surface area contributed by atoms with E-state index in [-0.39, 0.29) is 18.6 Å². The Morgan fingerprint density at radius 1 is 1.29 bits per heavy atom. The van der Waals surface area contributed by atoms with E-state index in [4.69, 9.17) is 9.94 Å². The SMILES string of the molecule is CCCC/C=C(\CC(=O)NOCc1ccccc1)C(=O)O. The minimum atomic E-state index is -1.07. The van der Waals surface area contributed by atoms with Crippen LogP contribution in [0.5, 0.6) is 0 Å². The number of rotatable bonds is 9. The molecule has 1 rings (SSSR count). The summed E-state index contributed by atoms with van der Waals surface area (Å²) in [7, 11) is 0. The van der Waals surface area contributed by atoms with Gasteiger partial charge >= 0.3 is 5.97 Å². The van der Waals surface area contributed by atoms with E-state index in [0.717, 1.165) is 18.4 Å². The molecule has 1 amide bonds. The number of unbranched alkanes of at least 4 members (excludes halogenated alkanes) is 2. The second kappa shape index (κ2) is 9.72. The molecular weight excluding hydrogens is 270 g/mol. The lowest BCUT2D eigenvalue weighted by Crippen LogP contribution is -2.25. The number of hydroxylamine groups is 1. The smallest absolute Gasteiger partial charge is 0.331 e. The number of hydrogen-bond donors (Lipinski definition) is 2. The fourth-order valence-electron chi connectivity index (χ4n) is 1.70. The summed E-state index contributed by atoms with van der Waals surface area (Å²) < 4.78 is 0. The summed E-state index contributed by atoms with van der Waals surface area (Å²) in [6, 6.07) is 9.39. The van der Waals surface area contributed by atoms with Crippen molar-refractivity contribution in [1.82, 2.24) is 5.48 Å². The molecule has 2 N–H and O–H groups in total. The molecular formula is C16H21NO4. The molecule has 0 saturated heterocycles. The van der Waals surface area contributed by atoms with E-state index in [2.05, 4.69) is 5.48 Å². The van der Waals surface area contributed by atoms with Gasteiger partial charge in [0.05, 0.1) is 13.0 Å². The van der Waals surface area contributed by atoms with Crippen molar-refractivity contribution >= 4 is 11.9 Å². The molecule has 21 heavy (non-hydrogen) atoms. The van der Waals surface area contributed by atoms with Gasteiger partial charge in [0.15, 0.2) is 0 Å². The van der Waals surface area contributed by atoms with Crippen LogP contribution in [-0.4, -0.2) is 17.0 Å². The van der Waals surface area contributed by atoms with Crippen LogP contribution in [0.2, 0.25) is 0 Å². The lowest BCUT2D eigenvalue weighted by atomic mass is 10.1. The topological polar surface area (TPSA) is 75.6 Å². The molecule has 0 unspecified atom stereocenters. The van der Waals surface area contributed by atoms with Crippen LogP contribution in [0.4, 0.5) is 0 Å². The standard InChI is InChI=1S/C16H21NO4/c1-2-3-5-10-14(16(19)20)11-15(18)17-21-12-13-8-6-4-7-9-13/h4,6-10H,2-3,5,11-12H2,1H3,(H,17,18)(H,19,20)/b14-10+. The Kier molecular flexibility index (Phi) is 7.82. The Hall–Kier alpha value is -2.14. The second-order valence-corrected chi connectivity index (χ2v) is 4.65. The predicted octanol–water partition coefficient (Wildman–Crippen LogP) is 2.83. The Balaban J connectivity index is 2.36. The normalized spacial score (nSPS) is 11.2. The molecule has 0 bridgehead atoms. The number of carboxylic acid groups (broad SMARTS) is 1. The second-order valence-electron chi connectivity index (χ2n) is 4.65. The Bertz CT molecular complexity index is 482. The minimum absolute atomic E-state index is 0.101. The number of nitrogens with one attached hydrogen (secondary N) is 1. The third-order valence-electron chi connectivity index (χ3n) is 2.84. The van der Waals surface area contributed by atoms with Crippen molar-refractivity contribution in [3.8, 4) is 0 Å². The maximum Gasteiger partial charge on any atom is 0.331 e. The zero-order chi connectivity index (χ0) is 15.5. The van der Waals surface area contributed by atoms with E-state index in [1.165, 1.54) is 0 Å². The summed E-state index contributed by atoms with van der Waals surface area (Å²) in [5, 5.41) is 9.04. The largest absolute Gasteiger partial charge is 0.478 e. The molecule has 0 aliphatic rings. The van der Waals surface area contributed by atoms with Crippen molar-refractivity contribution in [2.24, 2.45) is 0 Å². The fourth-order valence-corrected chi connectivity index (χ4v) is 1.70. The van der Waals surface area contributed by atoms with Crippen LogP contribution in [0.25, 0.3) is 0 Å². The Morgan fingerprint density at radius 3 is 2.62 bits per heavy atom. The van der Waals surface area contributed by atoms with Gasteiger partial charge in [0.2, 0.25) is 5.91 Å². The number of hydrogen-bond acceptors (Lipinski definition) is 3. The number of carbonyl (C=O) groups excluding carboxylic acids is 1. The van der Waals surface area contributed by atoms with E-state index < -0.39 is 11.9 Å². The van der Waals surface area contributed by atoms with E-state index in [1.54, 1.807) is 6.08 Å². The van der Waals surface area contributed by atoms with Gasteiger partial charge in [0.1, 0.15) is 0 Å². The molecule has 0 aliphatic heterocycles. The summed E-state index contributed by atoms with van der Waals surface area (Å²) in [6.07, 6.45) is 3.96. The third kappa shape index (κ3) is 7.27. The summed E-state index contributed by atoms with van der Waals surface area (Å²) in [5.41, 5.74) is 3.29. The number of amides is 1. The zero-order valence-corrected chi connectivity index (χ0v) is 12.2. The minimum Gasteiger partial charge on any atom is -0.478 e. The van der Waals surface area contributed by atoms with E-state index in [1.807, 2.05) is 37.3 Å². The van der Waals surface area contributed by atoms with E-state index in [9.17, 15) is 9.59 Å². The fraction of sp³-hybridized carbons (Fsp3) is 0.375. The molecule has 1 aromatic carbocycles. The van der Waals surface area contributed by atoms with Gasteiger partial charge in [-0.1, -0.05) is 56.2 Å². The molecule has 114 valence electrons. The lowest BCUT2D eigenvalue weighted by Gasteiger charge is -2.06. The van der Waals surface area contributed by atoms with Crippen LogP contribution in [0.1, 0.15) is 38.2 Å². The van der Waals surface area contributed by atoms with Crippen LogP contribution in [0.15, 0.2) is 42.0 Å². The van der Waals surface area contributed by atoms with Crippen LogP contribution in [-0.2, 0) is 21.0 Å². The predicted molar refractivity (Wildman–Crippen MR) is 79.2 cm³/mol. The molecule has 0 atom stereocenters. The quantitative estimate of drug-likeness (QED) is 0.417. The van der Waals surface area contributed by atoms with Crippen LogP contribution in [0.3, 0.4) is 0 Å². The molecule has 1 aromatic rings. The van der Waals surface area contributed by atoms with Crippen LogP contribution < -0.4 is 5.48 Å². The summed E-state index contributed by atoms with van der Waals surface area (Å²) >= 11 is 0. The maximum atomic E-state index is 11.6. The first kappa shape index (κ1) is 16.9. The molecule has 0 aromatic heterocycles. The molecule has 0 aliphatic carbocycles. The first-order chi connectivity index (χ1) is 10.1. The zero-order valence-electron chi connectivity index (χ0n) is 12.2. The molecule has 5 heteroatoms. The highest BCUT2D eigenvalue weighted by atomic mass is 16.6. The number of benzene rings is 1. The number of aliphatic carboxylic acids is 1. The van der Waals surface area contributed by atoms with Gasteiger partial charge in [-0.05, 0) is 12.0 Å². The Labute approximate surface area is 124 Å². The number of carbonyl (C=O) groups is 2. The van der Waals surface area contributed by atoms with Crippen molar-refractivity contribution in [2.45, 2.75) is 39.2 Å². The van der Waals surface area contributed by atoms with Gasteiger partial charge in [-0.3, -0.25) is 9.63 Å². The average molecular weight is 291 g/mol. The van der Waals surface area contributed by atoms with Gasteiger partial charge in [0, 0.05) is 5.57 Å². The number of allylic oxidation sites excluding steroid dienone is 1. The van der Waals surface area contributed by atoms with Crippen LogP contribution in [0, 0.1) is 0 Å². The monoisotopic (exact) mass is 291 g/mol. The van der Waals surface area contributed by atoms with Crippen molar-refractivity contribution in [2.75, 3.05) is 0 Å². The van der Waals surface area contributed by atoms with Gasteiger partial charge < -0.3 is 5.11 Å². The highest BCUT2D eigenvalue weighted by Crippen LogP contribution is 2.07. The van der Waals surface area contributed by atoms with Gasteiger partial charge in [-0.15, -0.1) is 0 Å². The molecule has 0 saturated carbocycles. The first-order valence-corrected chi connectivity index (χ1v) is 7.00. The van der Waals surface area contributed by atoms with Crippen LogP contribution >= 0.6 is 0 Å². The molecule has 0 spiro atoms. The highest BCUT2D eigenvalue weighted by molar-refractivity contribution is 5.93. The van der Waals surface area contributed by atoms with Gasteiger partial charge in [-0.2, -0.15) is 0 Å². The van der Waals surface area contributed by atoms with Gasteiger partial charge in [0.25, 0.3) is 0 Å². The highest BCUT2D eigenvalue weighted by Gasteiger charge is 2.12. The van der Waals surface area contributed by atoms with E-state index in [0.29, 0.717) is 6.42 Å². The van der Waals surface area contributed by atoms with Crippen molar-refractivity contribution < 1.29 is 19.5 Å². The lowest BCUT2D eigenvalue weighted by molar-refractivity contribution is -0.137. The van der Waals surface area contributed by atoms with Crippen molar-refractivity contribution in [3.05, 3.63) is 47.5 Å². The molecule has 5 nitrogen and oxygen atoms in total.